The Morgan fingerprint density at radius 2 is 2.10 bits per heavy atom. The maximum absolute atomic E-state index is 12.9. The summed E-state index contributed by atoms with van der Waals surface area (Å²) >= 11 is 0. The second-order valence-corrected chi connectivity index (χ2v) is 6.36. The van der Waals surface area contributed by atoms with Crippen LogP contribution in [0.15, 0.2) is 41.3 Å². The normalized spacial score (nSPS) is 11.0. The molecule has 0 fully saturated rings. The fraction of sp³-hybridized carbons (Fsp3) is 0.211. The molecule has 1 amide bonds. The van der Waals surface area contributed by atoms with E-state index in [1.54, 1.807) is 44.3 Å². The number of hydrogen-bond donors (Lipinski definition) is 2. The van der Waals surface area contributed by atoms with Crippen molar-refractivity contribution in [3.05, 3.63) is 58.1 Å². The van der Waals surface area contributed by atoms with E-state index < -0.39 is 0 Å². The molecule has 29 heavy (non-hydrogen) atoms. The van der Waals surface area contributed by atoms with Gasteiger partial charge in [0.1, 0.15) is 17.0 Å². The number of nitrogens with zero attached hydrogens (tertiary/aromatic N) is 5. The molecular weight excluding hydrogens is 374 g/mol. The molecule has 3 aromatic heterocycles. The van der Waals surface area contributed by atoms with E-state index in [1.807, 2.05) is 6.92 Å². The zero-order valence-corrected chi connectivity index (χ0v) is 16.1. The Morgan fingerprint density at radius 1 is 1.31 bits per heavy atom. The second-order valence-electron chi connectivity index (χ2n) is 6.36. The Morgan fingerprint density at radius 3 is 2.90 bits per heavy atom. The number of fused-ring (bicyclic) bond motifs is 1. The number of hydrogen-bond acceptors (Lipinski definition) is 6. The van der Waals surface area contributed by atoms with Gasteiger partial charge in [0.25, 0.3) is 11.5 Å². The van der Waals surface area contributed by atoms with Gasteiger partial charge < -0.3 is 10.1 Å². The van der Waals surface area contributed by atoms with Crippen molar-refractivity contribution in [1.82, 2.24) is 29.5 Å². The summed E-state index contributed by atoms with van der Waals surface area (Å²) in [6, 6.07) is 8.66. The summed E-state index contributed by atoms with van der Waals surface area (Å²) in [5.41, 5.74) is 1.11. The Hall–Kier alpha value is -3.95. The number of benzene rings is 1. The molecule has 4 aromatic rings. The van der Waals surface area contributed by atoms with Gasteiger partial charge in [-0.05, 0) is 26.0 Å². The molecule has 0 saturated heterocycles. The zero-order valence-electron chi connectivity index (χ0n) is 16.1. The molecule has 0 saturated carbocycles. The van der Waals surface area contributed by atoms with Crippen LogP contribution >= 0.6 is 0 Å². The van der Waals surface area contributed by atoms with Crippen LogP contribution in [0.3, 0.4) is 0 Å². The number of H-pyrrole nitrogens is 1. The Bertz CT molecular complexity index is 1270. The average molecular weight is 393 g/mol. The standard InChI is InChI=1S/C19H19N7O3/c1-4-29-14-8-6-5-7-12(14)17(27)21-15-9-11(2)24-26(15)19-22-16-13(18(28)23-19)10-20-25(16)3/h5-10H,4H2,1-3H3,(H,21,27)(H,22,23,28). The lowest BCUT2D eigenvalue weighted by Crippen LogP contribution is -2.19. The van der Waals surface area contributed by atoms with E-state index in [2.05, 4.69) is 25.5 Å². The second kappa shape index (κ2) is 7.23. The molecule has 0 aliphatic rings. The molecule has 0 unspecified atom stereocenters. The molecule has 148 valence electrons. The highest BCUT2D eigenvalue weighted by Crippen LogP contribution is 2.21. The van der Waals surface area contributed by atoms with Gasteiger partial charge in [0.2, 0.25) is 5.95 Å². The molecule has 3 heterocycles. The van der Waals surface area contributed by atoms with Crippen molar-refractivity contribution < 1.29 is 9.53 Å². The largest absolute Gasteiger partial charge is 0.493 e. The van der Waals surface area contributed by atoms with Gasteiger partial charge in [-0.3, -0.25) is 19.3 Å². The van der Waals surface area contributed by atoms with Crippen molar-refractivity contribution in [1.29, 1.82) is 0 Å². The smallest absolute Gasteiger partial charge is 0.263 e. The maximum atomic E-state index is 12.9. The number of carbonyl (C=O) groups is 1. The van der Waals surface area contributed by atoms with E-state index in [4.69, 9.17) is 4.74 Å². The number of nitrogens with one attached hydrogen (secondary N) is 2. The van der Waals surface area contributed by atoms with Crippen LogP contribution in [-0.4, -0.2) is 42.0 Å². The van der Waals surface area contributed by atoms with Crippen LogP contribution in [0, 0.1) is 6.92 Å². The maximum Gasteiger partial charge on any atom is 0.263 e. The average Bonchev–Trinajstić information content (AvgIpc) is 3.25. The summed E-state index contributed by atoms with van der Waals surface area (Å²) in [5.74, 6) is 0.661. The summed E-state index contributed by atoms with van der Waals surface area (Å²) < 4.78 is 8.41. The topological polar surface area (TPSA) is 120 Å². The fourth-order valence-corrected chi connectivity index (χ4v) is 2.99. The minimum Gasteiger partial charge on any atom is -0.493 e. The minimum atomic E-state index is -0.362. The van der Waals surface area contributed by atoms with Gasteiger partial charge >= 0.3 is 0 Å². The molecular formula is C19H19N7O3. The van der Waals surface area contributed by atoms with Crippen LogP contribution in [0.5, 0.6) is 5.75 Å². The number of rotatable bonds is 5. The van der Waals surface area contributed by atoms with E-state index in [0.717, 1.165) is 0 Å². The van der Waals surface area contributed by atoms with E-state index in [1.165, 1.54) is 15.6 Å². The molecule has 0 aliphatic carbocycles. The van der Waals surface area contributed by atoms with Gasteiger partial charge in [0.05, 0.1) is 24.1 Å². The molecule has 2 N–H and O–H groups in total. The van der Waals surface area contributed by atoms with E-state index >= 15 is 0 Å². The summed E-state index contributed by atoms with van der Waals surface area (Å²) in [6.07, 6.45) is 1.45. The highest BCUT2D eigenvalue weighted by Gasteiger charge is 2.18. The van der Waals surface area contributed by atoms with Gasteiger partial charge in [0, 0.05) is 13.1 Å². The van der Waals surface area contributed by atoms with Gasteiger partial charge in [-0.15, -0.1) is 0 Å². The lowest BCUT2D eigenvalue weighted by molar-refractivity contribution is 0.102. The predicted octanol–water partition coefficient (Wildman–Crippen LogP) is 1.80. The van der Waals surface area contributed by atoms with Crippen LogP contribution < -0.4 is 15.6 Å². The molecule has 0 bridgehead atoms. The zero-order chi connectivity index (χ0) is 20.5. The number of aromatic nitrogens is 6. The van der Waals surface area contributed by atoms with Gasteiger partial charge in [0.15, 0.2) is 5.65 Å². The van der Waals surface area contributed by atoms with Crippen LogP contribution in [0.2, 0.25) is 0 Å². The molecule has 1 aromatic carbocycles. The summed E-state index contributed by atoms with van der Waals surface area (Å²) in [6.45, 7) is 4.07. The minimum absolute atomic E-state index is 0.174. The third-order valence-electron chi connectivity index (χ3n) is 4.29. The van der Waals surface area contributed by atoms with E-state index in [9.17, 15) is 9.59 Å². The quantitative estimate of drug-likeness (QED) is 0.534. The van der Waals surface area contributed by atoms with Crippen molar-refractivity contribution in [2.45, 2.75) is 13.8 Å². The van der Waals surface area contributed by atoms with E-state index in [-0.39, 0.29) is 17.4 Å². The molecule has 0 aliphatic heterocycles. The van der Waals surface area contributed by atoms with Crippen molar-refractivity contribution in [3.8, 4) is 11.7 Å². The van der Waals surface area contributed by atoms with Crippen LogP contribution in [0.25, 0.3) is 17.0 Å². The third-order valence-corrected chi connectivity index (χ3v) is 4.29. The number of amides is 1. The van der Waals surface area contributed by atoms with Gasteiger partial charge in [-0.2, -0.15) is 19.9 Å². The highest BCUT2D eigenvalue weighted by atomic mass is 16.5. The fourth-order valence-electron chi connectivity index (χ4n) is 2.99. The number of aromatic amines is 1. The SMILES string of the molecule is CCOc1ccccc1C(=O)Nc1cc(C)nn1-c1nc2c(cnn2C)c(=O)[nH]1. The summed E-state index contributed by atoms with van der Waals surface area (Å²) in [4.78, 5) is 32.3. The third kappa shape index (κ3) is 3.35. The lowest BCUT2D eigenvalue weighted by atomic mass is 10.2. The summed E-state index contributed by atoms with van der Waals surface area (Å²) in [5, 5.41) is 11.6. The number of ether oxygens (including phenoxy) is 1. The Balaban J connectivity index is 1.74. The molecule has 10 nitrogen and oxygen atoms in total. The number of para-hydroxylation sites is 1. The summed E-state index contributed by atoms with van der Waals surface area (Å²) in [7, 11) is 1.69. The number of anilines is 1. The van der Waals surface area contributed by atoms with Crippen LogP contribution in [0.1, 0.15) is 23.0 Å². The van der Waals surface area contributed by atoms with Crippen molar-refractivity contribution in [2.24, 2.45) is 7.05 Å². The van der Waals surface area contributed by atoms with Crippen LogP contribution in [0.4, 0.5) is 5.82 Å². The first kappa shape index (κ1) is 18.4. The molecule has 10 heteroatoms. The van der Waals surface area contributed by atoms with E-state index in [0.29, 0.717) is 40.5 Å². The monoisotopic (exact) mass is 393 g/mol. The highest BCUT2D eigenvalue weighted by molar-refractivity contribution is 6.05. The van der Waals surface area contributed by atoms with Crippen molar-refractivity contribution in [3.63, 3.8) is 0 Å². The predicted molar refractivity (Wildman–Crippen MR) is 107 cm³/mol. The first-order chi connectivity index (χ1) is 14.0. The van der Waals surface area contributed by atoms with Crippen LogP contribution in [-0.2, 0) is 7.05 Å². The number of aryl methyl sites for hydroxylation is 2. The number of carbonyl (C=O) groups excluding carboxylic acids is 1. The Labute approximate surface area is 165 Å². The van der Waals surface area contributed by atoms with Gasteiger partial charge in [-0.1, -0.05) is 12.1 Å². The molecule has 4 rings (SSSR count). The molecule has 0 spiro atoms. The van der Waals surface area contributed by atoms with Crippen molar-refractivity contribution in [2.75, 3.05) is 11.9 Å². The van der Waals surface area contributed by atoms with Gasteiger partial charge in [-0.25, -0.2) is 0 Å². The lowest BCUT2D eigenvalue weighted by Gasteiger charge is -2.11. The molecule has 0 radical (unpaired) electrons. The Kier molecular flexibility index (Phi) is 4.59. The molecule has 0 atom stereocenters. The van der Waals surface area contributed by atoms with Crippen molar-refractivity contribution >= 4 is 22.8 Å². The first-order valence-electron chi connectivity index (χ1n) is 9.00. The first-order valence-corrected chi connectivity index (χ1v) is 9.00.